The number of rotatable bonds is 32. The fraction of sp³-hybridized carbons (Fsp3) is 0.840. The van der Waals surface area contributed by atoms with Crippen LogP contribution in [0.15, 0.2) is 18.2 Å². The average Bonchev–Trinajstić information content (AvgIpc) is 3.97. The van der Waals surface area contributed by atoms with E-state index >= 15 is 0 Å². The first-order valence-electron chi connectivity index (χ1n) is 24.7. The number of nitrogens with zero attached hydrogens (tertiary/aromatic N) is 2. The highest BCUT2D eigenvalue weighted by atomic mass is 16.6. The number of carbonyl (C=O) groups is 2. The van der Waals surface area contributed by atoms with Crippen molar-refractivity contribution in [3.05, 3.63) is 23.8 Å². The molecular weight excluding hydrogens is 773 g/mol. The summed E-state index contributed by atoms with van der Waals surface area (Å²) < 4.78 is 23.4. The molecule has 11 nitrogen and oxygen atoms in total. The van der Waals surface area contributed by atoms with Gasteiger partial charge in [0.1, 0.15) is 5.78 Å². The lowest BCUT2D eigenvalue weighted by Crippen LogP contribution is -2.50. The van der Waals surface area contributed by atoms with Crippen molar-refractivity contribution in [1.29, 1.82) is 0 Å². The highest BCUT2D eigenvalue weighted by Crippen LogP contribution is 2.35. The van der Waals surface area contributed by atoms with Crippen LogP contribution in [-0.4, -0.2) is 120 Å². The van der Waals surface area contributed by atoms with Crippen molar-refractivity contribution < 1.29 is 43.9 Å². The van der Waals surface area contributed by atoms with E-state index < -0.39 is 18.1 Å². The van der Waals surface area contributed by atoms with E-state index in [2.05, 4.69) is 11.8 Å². The summed E-state index contributed by atoms with van der Waals surface area (Å²) in [6, 6.07) is 5.98. The van der Waals surface area contributed by atoms with Gasteiger partial charge in [-0.1, -0.05) is 109 Å². The number of piperazine rings is 1. The van der Waals surface area contributed by atoms with Crippen LogP contribution < -0.4 is 9.47 Å². The number of carbonyl (C=O) groups excluding carboxylic acids is 2. The van der Waals surface area contributed by atoms with Crippen LogP contribution in [0, 0.1) is 5.92 Å². The van der Waals surface area contributed by atoms with Gasteiger partial charge in [-0.25, -0.2) is 0 Å². The Labute approximate surface area is 369 Å². The molecule has 3 aliphatic rings. The number of hydrogen-bond donors (Lipinski definition) is 3. The lowest BCUT2D eigenvalue weighted by atomic mass is 9.95. The Hall–Kier alpha value is -2.28. The lowest BCUT2D eigenvalue weighted by molar-refractivity contribution is -0.142. The van der Waals surface area contributed by atoms with E-state index in [1.54, 1.807) is 21.1 Å². The molecule has 3 heterocycles. The van der Waals surface area contributed by atoms with E-state index in [-0.39, 0.29) is 42.2 Å². The Kier molecular flexibility index (Phi) is 24.6. The first-order valence-corrected chi connectivity index (χ1v) is 24.7. The van der Waals surface area contributed by atoms with Crippen LogP contribution in [0.3, 0.4) is 0 Å². The summed E-state index contributed by atoms with van der Waals surface area (Å²) in [6.45, 7) is 7.40. The minimum absolute atomic E-state index is 0.00158. The zero-order valence-electron chi connectivity index (χ0n) is 38.7. The van der Waals surface area contributed by atoms with Crippen LogP contribution in [-0.2, 0) is 25.6 Å². The number of amides is 1. The Balaban J connectivity index is 0.952. The van der Waals surface area contributed by atoms with Gasteiger partial charge in [-0.15, -0.1) is 0 Å². The molecule has 1 unspecified atom stereocenters. The fourth-order valence-corrected chi connectivity index (χ4v) is 9.75. The number of ketones is 1. The Morgan fingerprint density at radius 1 is 0.639 bits per heavy atom. The Morgan fingerprint density at radius 3 is 1.67 bits per heavy atom. The predicted molar refractivity (Wildman–Crippen MR) is 242 cm³/mol. The molecule has 0 spiro atoms. The molecule has 4 rings (SSSR count). The molecule has 1 aromatic rings. The molecule has 0 aromatic heterocycles. The quantitative estimate of drug-likeness (QED) is 0.0476. The van der Waals surface area contributed by atoms with Gasteiger partial charge in [-0.05, 0) is 88.8 Å². The van der Waals surface area contributed by atoms with Gasteiger partial charge in [0.2, 0.25) is 5.91 Å². The maximum Gasteiger partial charge on any atom is 0.233 e. The molecule has 8 atom stereocenters. The topological polar surface area (TPSA) is 138 Å². The first kappa shape index (κ1) is 51.4. The molecule has 1 amide bonds. The van der Waals surface area contributed by atoms with Crippen molar-refractivity contribution in [3.8, 4) is 11.5 Å². The molecule has 0 saturated carbocycles. The number of benzene rings is 1. The molecule has 3 N–H and O–H groups in total. The number of aliphatic hydroxyl groups is 3. The van der Waals surface area contributed by atoms with Crippen molar-refractivity contribution in [1.82, 2.24) is 9.80 Å². The van der Waals surface area contributed by atoms with Crippen LogP contribution in [0.25, 0.3) is 0 Å². The molecule has 3 fully saturated rings. The molecule has 61 heavy (non-hydrogen) atoms. The Bertz CT molecular complexity index is 1360. The minimum atomic E-state index is -0.520. The number of ether oxygens (including phenoxy) is 4. The first-order chi connectivity index (χ1) is 29.6. The van der Waals surface area contributed by atoms with Crippen LogP contribution in [0.4, 0.5) is 0 Å². The van der Waals surface area contributed by atoms with Gasteiger partial charge < -0.3 is 39.2 Å². The summed E-state index contributed by atoms with van der Waals surface area (Å²) in [5.41, 5.74) is 1.14. The summed E-state index contributed by atoms with van der Waals surface area (Å²) in [5, 5.41) is 31.9. The largest absolute Gasteiger partial charge is 0.493 e. The van der Waals surface area contributed by atoms with Crippen molar-refractivity contribution in [2.75, 3.05) is 40.4 Å². The molecule has 0 aliphatic carbocycles. The van der Waals surface area contributed by atoms with Crippen molar-refractivity contribution in [3.63, 3.8) is 0 Å². The van der Waals surface area contributed by atoms with Crippen LogP contribution in [0.5, 0.6) is 11.5 Å². The summed E-state index contributed by atoms with van der Waals surface area (Å²) in [4.78, 5) is 30.1. The molecule has 3 saturated heterocycles. The number of unbranched alkanes of at least 4 members (excludes halogenated alkanes) is 13. The summed E-state index contributed by atoms with van der Waals surface area (Å²) in [6.07, 6.45) is 23.9. The van der Waals surface area contributed by atoms with Gasteiger partial charge in [-0.3, -0.25) is 14.5 Å². The zero-order chi connectivity index (χ0) is 43.8. The van der Waals surface area contributed by atoms with Crippen molar-refractivity contribution in [2.24, 2.45) is 5.92 Å². The van der Waals surface area contributed by atoms with E-state index in [1.807, 2.05) is 23.1 Å². The van der Waals surface area contributed by atoms with Gasteiger partial charge in [-0.2, -0.15) is 0 Å². The fourth-order valence-electron chi connectivity index (χ4n) is 9.75. The van der Waals surface area contributed by atoms with E-state index in [0.29, 0.717) is 31.7 Å². The summed E-state index contributed by atoms with van der Waals surface area (Å²) in [7, 11) is 3.28. The number of hydrogen-bond acceptors (Lipinski definition) is 10. The third kappa shape index (κ3) is 18.4. The van der Waals surface area contributed by atoms with Crippen LogP contribution in [0.2, 0.25) is 0 Å². The van der Waals surface area contributed by atoms with E-state index in [4.69, 9.17) is 18.9 Å². The van der Waals surface area contributed by atoms with Crippen LogP contribution in [0.1, 0.15) is 180 Å². The third-order valence-electron chi connectivity index (χ3n) is 13.7. The second-order valence-electron chi connectivity index (χ2n) is 18.6. The maximum absolute atomic E-state index is 13.4. The molecule has 3 aliphatic heterocycles. The summed E-state index contributed by atoms with van der Waals surface area (Å²) >= 11 is 0. The second-order valence-corrected chi connectivity index (χ2v) is 18.6. The third-order valence-corrected chi connectivity index (χ3v) is 13.7. The minimum Gasteiger partial charge on any atom is -0.493 e. The lowest BCUT2D eigenvalue weighted by Gasteiger charge is -2.36. The molecule has 11 heteroatoms. The maximum atomic E-state index is 13.4. The average molecular weight is 859 g/mol. The van der Waals surface area contributed by atoms with Crippen LogP contribution >= 0.6 is 0 Å². The highest BCUT2D eigenvalue weighted by molar-refractivity contribution is 6.00. The molecular formula is C50H86N2O9. The van der Waals surface area contributed by atoms with E-state index in [1.165, 1.54) is 57.8 Å². The monoisotopic (exact) mass is 859 g/mol. The van der Waals surface area contributed by atoms with Gasteiger partial charge in [0.05, 0.1) is 62.9 Å². The number of methoxy groups -OCH3 is 2. The highest BCUT2D eigenvalue weighted by Gasteiger charge is 2.41. The number of aliphatic hydroxyl groups excluding tert-OH is 3. The Morgan fingerprint density at radius 2 is 1.13 bits per heavy atom. The number of Topliss-reactive ketones (excluding diaryl/α,β-unsaturated/α-hetero) is 1. The molecule has 1 aromatic carbocycles. The van der Waals surface area contributed by atoms with Crippen molar-refractivity contribution >= 4 is 11.7 Å². The van der Waals surface area contributed by atoms with Gasteiger partial charge in [0, 0.05) is 32.7 Å². The van der Waals surface area contributed by atoms with Gasteiger partial charge >= 0.3 is 0 Å². The van der Waals surface area contributed by atoms with Crippen molar-refractivity contribution in [2.45, 2.75) is 224 Å². The predicted octanol–water partition coefficient (Wildman–Crippen LogP) is 8.94. The van der Waals surface area contributed by atoms with E-state index in [9.17, 15) is 24.9 Å². The second kappa shape index (κ2) is 29.2. The molecule has 350 valence electrons. The summed E-state index contributed by atoms with van der Waals surface area (Å²) in [5.74, 6) is 0.901. The van der Waals surface area contributed by atoms with Gasteiger partial charge in [0.15, 0.2) is 11.5 Å². The molecule has 0 bridgehead atoms. The standard InChI is InChI=1S/C50H86N2O9/c1-5-6-7-17-21-40(54)22-20-25-43(56)45-29-31-48(61-45)47-30-28-44(60-47)42(55)24-19-16-14-12-10-8-9-11-13-15-18-23-41(38(2)53)50(57)52-34-32-51(33-35-52)37-39-26-27-46(58-3)49(36-39)59-4/h26-27,36,40-45,47-48,54-56H,5-25,28-35,37H2,1-4H3/t40-,41?,42+,43-,44+,45+,47+,48+/m0/s1. The molecule has 0 radical (unpaired) electrons. The zero-order valence-corrected chi connectivity index (χ0v) is 38.7. The SMILES string of the molecule is CCCCCC[C@H](O)CCC[C@H](O)[C@H]1CC[C@H]([C@H]2CC[C@H]([C@H](O)CCCCCCCCCCCCCC(C(C)=O)C(=O)N3CCN(Cc4ccc(OC)c(OC)c4)CC3)O2)O1. The van der Waals surface area contributed by atoms with E-state index in [0.717, 1.165) is 121 Å². The van der Waals surface area contributed by atoms with Gasteiger partial charge in [0.25, 0.3) is 0 Å². The normalized spacial score (nSPS) is 22.9. The smallest absolute Gasteiger partial charge is 0.233 e.